The number of nitrogens with two attached hydrogens (primary N) is 1. The number of carbonyl (C=O) groups is 1. The van der Waals surface area contributed by atoms with Crippen LogP contribution in [0.15, 0.2) is 42.5 Å². The Hall–Kier alpha value is -2.53. The van der Waals surface area contributed by atoms with Gasteiger partial charge in [0, 0.05) is 11.4 Å². The molecular formula is C28H45ClN2O3. The fourth-order valence-electron chi connectivity index (χ4n) is 2.91. The normalized spacial score (nSPS) is 12.1. The van der Waals surface area contributed by atoms with Gasteiger partial charge in [0.05, 0.1) is 19.4 Å². The number of ether oxygens (including phenoxy) is 2. The molecule has 0 bridgehead atoms. The largest absolute Gasteiger partial charge is 0.494 e. The van der Waals surface area contributed by atoms with Crippen LogP contribution >= 0.6 is 11.6 Å². The SMILES string of the molecule is C=N.C=O.CCC[C@H](C)Cl.COc1cc(OCC2CC2)ccc1N.Cc1ccccc1C(C)C. The summed E-state index contributed by atoms with van der Waals surface area (Å²) in [6.45, 7) is 16.1. The Bertz CT molecular complexity index is 763. The van der Waals surface area contributed by atoms with Crippen LogP contribution in [0.5, 0.6) is 11.5 Å². The van der Waals surface area contributed by atoms with Gasteiger partial charge in [-0.2, -0.15) is 0 Å². The minimum atomic E-state index is 0.370. The molecule has 5 nitrogen and oxygen atoms in total. The average Bonchev–Trinajstić information content (AvgIpc) is 3.67. The van der Waals surface area contributed by atoms with Gasteiger partial charge in [0.15, 0.2) is 0 Å². The van der Waals surface area contributed by atoms with Gasteiger partial charge in [-0.25, -0.2) is 0 Å². The van der Waals surface area contributed by atoms with E-state index in [2.05, 4.69) is 58.7 Å². The molecule has 3 N–H and O–H groups in total. The Balaban J connectivity index is 0. The van der Waals surface area contributed by atoms with Gasteiger partial charge in [-0.1, -0.05) is 51.5 Å². The molecule has 1 aliphatic rings. The van der Waals surface area contributed by atoms with Crippen molar-refractivity contribution >= 4 is 30.8 Å². The van der Waals surface area contributed by atoms with Gasteiger partial charge in [0.1, 0.15) is 18.3 Å². The number of methoxy groups -OCH3 is 1. The monoisotopic (exact) mass is 492 g/mol. The fourth-order valence-corrected chi connectivity index (χ4v) is 3.13. The van der Waals surface area contributed by atoms with Crippen LogP contribution in [0, 0.1) is 18.3 Å². The number of nitrogen functional groups attached to an aromatic ring is 1. The number of hydrogen-bond acceptors (Lipinski definition) is 5. The van der Waals surface area contributed by atoms with E-state index >= 15 is 0 Å². The minimum absolute atomic E-state index is 0.370. The van der Waals surface area contributed by atoms with Crippen molar-refractivity contribution < 1.29 is 14.3 Å². The molecule has 0 saturated heterocycles. The Morgan fingerprint density at radius 1 is 1.12 bits per heavy atom. The second kappa shape index (κ2) is 21.0. The van der Waals surface area contributed by atoms with E-state index in [0.717, 1.165) is 24.7 Å². The summed E-state index contributed by atoms with van der Waals surface area (Å²) >= 11 is 5.58. The number of alkyl halides is 1. The summed E-state index contributed by atoms with van der Waals surface area (Å²) in [4.78, 5) is 8.00. The number of aryl methyl sites for hydroxylation is 1. The highest BCUT2D eigenvalue weighted by molar-refractivity contribution is 6.20. The van der Waals surface area contributed by atoms with Gasteiger partial charge in [-0.05, 0) is 74.9 Å². The summed E-state index contributed by atoms with van der Waals surface area (Å²) in [6.07, 6.45) is 4.93. The molecule has 6 heteroatoms. The molecule has 0 amide bonds. The first-order valence-electron chi connectivity index (χ1n) is 11.7. The molecule has 0 aromatic heterocycles. The summed E-state index contributed by atoms with van der Waals surface area (Å²) < 4.78 is 10.7. The van der Waals surface area contributed by atoms with E-state index in [0.29, 0.717) is 22.7 Å². The van der Waals surface area contributed by atoms with E-state index in [1.165, 1.54) is 30.4 Å². The number of carbonyl (C=O) groups excluding carboxylic acids is 1. The van der Waals surface area contributed by atoms with Crippen LogP contribution < -0.4 is 15.2 Å². The van der Waals surface area contributed by atoms with Gasteiger partial charge in [-0.15, -0.1) is 11.6 Å². The molecule has 34 heavy (non-hydrogen) atoms. The summed E-state index contributed by atoms with van der Waals surface area (Å²) in [7, 11) is 1.61. The number of anilines is 1. The van der Waals surface area contributed by atoms with Crippen molar-refractivity contribution in [2.45, 2.75) is 71.6 Å². The number of hydrogen-bond donors (Lipinski definition) is 2. The zero-order valence-corrected chi connectivity index (χ0v) is 22.7. The molecule has 3 rings (SSSR count). The first-order chi connectivity index (χ1) is 16.3. The Kier molecular flexibility index (Phi) is 20.8. The molecule has 192 valence electrons. The van der Waals surface area contributed by atoms with Crippen LogP contribution in [0.3, 0.4) is 0 Å². The van der Waals surface area contributed by atoms with E-state index in [1.54, 1.807) is 13.2 Å². The van der Waals surface area contributed by atoms with Crippen LogP contribution in [0.2, 0.25) is 0 Å². The highest BCUT2D eigenvalue weighted by Gasteiger charge is 2.21. The third-order valence-corrected chi connectivity index (χ3v) is 5.10. The van der Waals surface area contributed by atoms with Gasteiger partial charge in [0.25, 0.3) is 0 Å². The number of nitrogens with one attached hydrogen (secondary N) is 1. The van der Waals surface area contributed by atoms with Crippen molar-refractivity contribution in [1.82, 2.24) is 0 Å². The highest BCUT2D eigenvalue weighted by atomic mass is 35.5. The zero-order valence-electron chi connectivity index (χ0n) is 21.9. The van der Waals surface area contributed by atoms with Crippen molar-refractivity contribution in [3.8, 4) is 11.5 Å². The first kappa shape index (κ1) is 33.6. The Morgan fingerprint density at radius 2 is 1.71 bits per heavy atom. The first-order valence-corrected chi connectivity index (χ1v) is 12.1. The summed E-state index contributed by atoms with van der Waals surface area (Å²) in [5.74, 6) is 2.93. The molecule has 0 radical (unpaired) electrons. The van der Waals surface area contributed by atoms with Crippen molar-refractivity contribution in [2.75, 3.05) is 19.5 Å². The topological polar surface area (TPSA) is 85.4 Å². The molecule has 2 aromatic carbocycles. The Labute approximate surface area is 212 Å². The standard InChI is InChI=1S/C11H15NO2.C10H14.C5H11Cl.CH3N.CH2O/c1-13-11-6-9(4-5-10(11)12)14-7-8-2-3-8;1-8(2)10-7-5-4-6-9(10)3;1-3-4-5(2)6;2*1-2/h4-6,8H,2-3,7,12H2,1H3;4-8H,1-3H3;5H,3-4H2,1-2H3;2H,1H2;1H2/t;;5-;;/m..0../s1. The molecule has 0 unspecified atom stereocenters. The van der Waals surface area contributed by atoms with Crippen LogP contribution in [0.25, 0.3) is 0 Å². The average molecular weight is 493 g/mol. The van der Waals surface area contributed by atoms with Crippen LogP contribution in [0.4, 0.5) is 5.69 Å². The second-order valence-electron chi connectivity index (χ2n) is 8.24. The maximum absolute atomic E-state index is 8.00. The highest BCUT2D eigenvalue weighted by Crippen LogP contribution is 2.31. The number of halogens is 1. The molecule has 1 atom stereocenters. The molecule has 0 spiro atoms. The second-order valence-corrected chi connectivity index (χ2v) is 8.98. The predicted molar refractivity (Wildman–Crippen MR) is 148 cm³/mol. The maximum Gasteiger partial charge on any atom is 0.145 e. The van der Waals surface area contributed by atoms with E-state index in [1.807, 2.05) is 25.8 Å². The number of rotatable bonds is 7. The Morgan fingerprint density at radius 3 is 2.09 bits per heavy atom. The quantitative estimate of drug-likeness (QED) is 0.236. The molecular weight excluding hydrogens is 448 g/mol. The molecule has 1 fully saturated rings. The molecule has 1 saturated carbocycles. The molecule has 0 aliphatic heterocycles. The lowest BCUT2D eigenvalue weighted by Crippen LogP contribution is -2.00. The summed E-state index contributed by atoms with van der Waals surface area (Å²) in [5, 5.41) is 5.87. The van der Waals surface area contributed by atoms with E-state index in [4.69, 9.17) is 37.0 Å². The van der Waals surface area contributed by atoms with Gasteiger partial charge < -0.3 is 25.4 Å². The van der Waals surface area contributed by atoms with E-state index in [9.17, 15) is 0 Å². The van der Waals surface area contributed by atoms with E-state index in [-0.39, 0.29) is 0 Å². The van der Waals surface area contributed by atoms with E-state index < -0.39 is 0 Å². The van der Waals surface area contributed by atoms with Crippen molar-refractivity contribution in [3.05, 3.63) is 53.6 Å². The number of benzene rings is 2. The molecule has 1 aliphatic carbocycles. The predicted octanol–water partition coefficient (Wildman–Crippen LogP) is 7.68. The van der Waals surface area contributed by atoms with Crippen molar-refractivity contribution in [3.63, 3.8) is 0 Å². The van der Waals surface area contributed by atoms with Gasteiger partial charge in [-0.3, -0.25) is 0 Å². The smallest absolute Gasteiger partial charge is 0.145 e. The zero-order chi connectivity index (χ0) is 26.5. The van der Waals surface area contributed by atoms with Crippen molar-refractivity contribution in [2.24, 2.45) is 5.92 Å². The molecule has 0 heterocycles. The van der Waals surface area contributed by atoms with Crippen LogP contribution in [0.1, 0.15) is 70.4 Å². The third kappa shape index (κ3) is 16.1. The molecule has 2 aromatic rings. The summed E-state index contributed by atoms with van der Waals surface area (Å²) in [5.41, 5.74) is 9.19. The van der Waals surface area contributed by atoms with Crippen LogP contribution in [-0.2, 0) is 4.79 Å². The lowest BCUT2D eigenvalue weighted by Gasteiger charge is -2.08. The van der Waals surface area contributed by atoms with Gasteiger partial charge >= 0.3 is 0 Å². The van der Waals surface area contributed by atoms with Gasteiger partial charge in [0.2, 0.25) is 0 Å². The lowest BCUT2D eigenvalue weighted by molar-refractivity contribution is -0.0979. The minimum Gasteiger partial charge on any atom is -0.494 e. The third-order valence-electron chi connectivity index (χ3n) is 4.88. The fraction of sp³-hybridized carbons (Fsp3) is 0.500. The summed E-state index contributed by atoms with van der Waals surface area (Å²) in [6, 6.07) is 14.1. The lowest BCUT2D eigenvalue weighted by atomic mass is 9.99. The van der Waals surface area contributed by atoms with Crippen LogP contribution in [-0.4, -0.2) is 32.6 Å². The maximum atomic E-state index is 8.00. The van der Waals surface area contributed by atoms with Crippen molar-refractivity contribution in [1.29, 1.82) is 5.41 Å².